The number of pyridine rings is 2. The standard InChI is InChI=1S/C13H11N3O/c1-17-13-7-4-6-12-15-11(9-16(12)13)10-5-2-3-8-14-10/h2-9H,1H3. The van der Waals surface area contributed by atoms with Crippen LogP contribution < -0.4 is 4.74 Å². The molecule has 0 saturated heterocycles. The highest BCUT2D eigenvalue weighted by atomic mass is 16.5. The lowest BCUT2D eigenvalue weighted by molar-refractivity contribution is 0.392. The van der Waals surface area contributed by atoms with Crippen molar-refractivity contribution >= 4 is 5.65 Å². The normalized spacial score (nSPS) is 10.6. The molecule has 0 N–H and O–H groups in total. The average molecular weight is 225 g/mol. The van der Waals surface area contributed by atoms with E-state index in [2.05, 4.69) is 9.97 Å². The highest BCUT2D eigenvalue weighted by molar-refractivity contribution is 5.59. The summed E-state index contributed by atoms with van der Waals surface area (Å²) in [5.41, 5.74) is 2.55. The first kappa shape index (κ1) is 9.84. The Morgan fingerprint density at radius 1 is 1.06 bits per heavy atom. The van der Waals surface area contributed by atoms with Crippen LogP contribution in [0.4, 0.5) is 0 Å². The summed E-state index contributed by atoms with van der Waals surface area (Å²) in [6, 6.07) is 11.5. The molecule has 0 spiro atoms. The Kier molecular flexibility index (Phi) is 2.26. The monoisotopic (exact) mass is 225 g/mol. The summed E-state index contributed by atoms with van der Waals surface area (Å²) < 4.78 is 7.19. The van der Waals surface area contributed by atoms with Gasteiger partial charge in [0, 0.05) is 12.4 Å². The molecule has 0 unspecified atom stereocenters. The van der Waals surface area contributed by atoms with E-state index in [1.54, 1.807) is 13.3 Å². The summed E-state index contributed by atoms with van der Waals surface area (Å²) in [5.74, 6) is 0.761. The number of ether oxygens (including phenoxy) is 1. The molecule has 0 aliphatic carbocycles. The van der Waals surface area contributed by atoms with Crippen molar-refractivity contribution in [1.29, 1.82) is 0 Å². The Balaban J connectivity index is 2.20. The van der Waals surface area contributed by atoms with Crippen LogP contribution in [0.1, 0.15) is 0 Å². The number of hydrogen-bond donors (Lipinski definition) is 0. The van der Waals surface area contributed by atoms with Crippen molar-refractivity contribution in [3.63, 3.8) is 0 Å². The Hall–Kier alpha value is -2.36. The van der Waals surface area contributed by atoms with Gasteiger partial charge in [-0.2, -0.15) is 0 Å². The van der Waals surface area contributed by atoms with Crippen LogP contribution in [0.25, 0.3) is 17.0 Å². The minimum Gasteiger partial charge on any atom is -0.482 e. The van der Waals surface area contributed by atoms with E-state index in [1.165, 1.54) is 0 Å². The SMILES string of the molecule is COc1cccc2nc(-c3ccccn3)cn12. The molecule has 4 heteroatoms. The molecular weight excluding hydrogens is 214 g/mol. The van der Waals surface area contributed by atoms with E-state index in [4.69, 9.17) is 4.74 Å². The number of fused-ring (bicyclic) bond motifs is 1. The van der Waals surface area contributed by atoms with Gasteiger partial charge in [-0.3, -0.25) is 9.38 Å². The predicted octanol–water partition coefficient (Wildman–Crippen LogP) is 2.40. The zero-order valence-corrected chi connectivity index (χ0v) is 9.37. The van der Waals surface area contributed by atoms with Gasteiger partial charge in [-0.1, -0.05) is 12.1 Å². The van der Waals surface area contributed by atoms with Crippen LogP contribution in [0.2, 0.25) is 0 Å². The highest BCUT2D eigenvalue weighted by Gasteiger charge is 2.07. The van der Waals surface area contributed by atoms with E-state index < -0.39 is 0 Å². The smallest absolute Gasteiger partial charge is 0.198 e. The minimum absolute atomic E-state index is 0.761. The van der Waals surface area contributed by atoms with Crippen molar-refractivity contribution in [2.24, 2.45) is 0 Å². The fourth-order valence-corrected chi connectivity index (χ4v) is 1.79. The van der Waals surface area contributed by atoms with Gasteiger partial charge in [0.05, 0.1) is 12.8 Å². The van der Waals surface area contributed by atoms with Gasteiger partial charge >= 0.3 is 0 Å². The average Bonchev–Trinajstić information content (AvgIpc) is 2.83. The lowest BCUT2D eigenvalue weighted by atomic mass is 10.3. The van der Waals surface area contributed by atoms with Crippen LogP contribution in [0.15, 0.2) is 48.8 Å². The number of nitrogens with zero attached hydrogens (tertiary/aromatic N) is 3. The van der Waals surface area contributed by atoms with Crippen LogP contribution in [0, 0.1) is 0 Å². The molecule has 0 aromatic carbocycles. The van der Waals surface area contributed by atoms with Gasteiger partial charge in [-0.15, -0.1) is 0 Å². The van der Waals surface area contributed by atoms with Crippen molar-refractivity contribution in [2.45, 2.75) is 0 Å². The van der Waals surface area contributed by atoms with Crippen molar-refractivity contribution < 1.29 is 4.74 Å². The summed E-state index contributed by atoms with van der Waals surface area (Å²) in [6.07, 6.45) is 3.69. The molecule has 0 atom stereocenters. The van der Waals surface area contributed by atoms with Gasteiger partial charge in [-0.25, -0.2) is 4.98 Å². The molecule has 3 heterocycles. The molecule has 3 aromatic heterocycles. The van der Waals surface area contributed by atoms with Crippen LogP contribution in [0.5, 0.6) is 5.88 Å². The molecule has 0 aliphatic heterocycles. The number of methoxy groups -OCH3 is 1. The van der Waals surface area contributed by atoms with Gasteiger partial charge in [-0.05, 0) is 24.3 Å². The number of imidazole rings is 1. The van der Waals surface area contributed by atoms with Gasteiger partial charge in [0.2, 0.25) is 0 Å². The van der Waals surface area contributed by atoms with Crippen LogP contribution in [-0.4, -0.2) is 21.5 Å². The molecular formula is C13H11N3O. The summed E-state index contributed by atoms with van der Waals surface area (Å²) in [5, 5.41) is 0. The van der Waals surface area contributed by atoms with Crippen molar-refractivity contribution in [3.05, 3.63) is 48.8 Å². The third-order valence-electron chi connectivity index (χ3n) is 2.59. The Morgan fingerprint density at radius 2 is 2.00 bits per heavy atom. The zero-order valence-electron chi connectivity index (χ0n) is 9.37. The molecule has 0 bridgehead atoms. The fraction of sp³-hybridized carbons (Fsp3) is 0.0769. The second kappa shape index (κ2) is 3.90. The maximum absolute atomic E-state index is 5.28. The van der Waals surface area contributed by atoms with E-state index in [0.717, 1.165) is 22.9 Å². The first-order valence-electron chi connectivity index (χ1n) is 5.32. The topological polar surface area (TPSA) is 39.4 Å². The van der Waals surface area contributed by atoms with Gasteiger partial charge in [0.25, 0.3) is 0 Å². The van der Waals surface area contributed by atoms with E-state index in [9.17, 15) is 0 Å². The maximum Gasteiger partial charge on any atom is 0.198 e. The first-order chi connectivity index (χ1) is 8.38. The lowest BCUT2D eigenvalue weighted by Gasteiger charge is -2.01. The molecule has 84 valence electrons. The molecule has 0 amide bonds. The Labute approximate surface area is 98.5 Å². The molecule has 17 heavy (non-hydrogen) atoms. The summed E-state index contributed by atoms with van der Waals surface area (Å²) in [4.78, 5) is 8.80. The van der Waals surface area contributed by atoms with Crippen LogP contribution in [0.3, 0.4) is 0 Å². The quantitative estimate of drug-likeness (QED) is 0.672. The third-order valence-corrected chi connectivity index (χ3v) is 2.59. The van der Waals surface area contributed by atoms with Crippen molar-refractivity contribution in [3.8, 4) is 17.3 Å². The molecule has 0 radical (unpaired) electrons. The molecule has 0 aliphatic rings. The molecule has 3 rings (SSSR count). The van der Waals surface area contributed by atoms with Gasteiger partial charge in [0.15, 0.2) is 5.88 Å². The third kappa shape index (κ3) is 1.63. The van der Waals surface area contributed by atoms with E-state index >= 15 is 0 Å². The Bertz CT molecular complexity index is 646. The number of aromatic nitrogens is 3. The van der Waals surface area contributed by atoms with E-state index in [-0.39, 0.29) is 0 Å². The van der Waals surface area contributed by atoms with Crippen molar-refractivity contribution in [1.82, 2.24) is 14.4 Å². The second-order valence-corrected chi connectivity index (χ2v) is 3.64. The summed E-state index contributed by atoms with van der Waals surface area (Å²) in [6.45, 7) is 0. The van der Waals surface area contributed by atoms with Crippen LogP contribution in [-0.2, 0) is 0 Å². The molecule has 4 nitrogen and oxygen atoms in total. The van der Waals surface area contributed by atoms with Gasteiger partial charge in [0.1, 0.15) is 11.3 Å². The summed E-state index contributed by atoms with van der Waals surface area (Å²) >= 11 is 0. The number of rotatable bonds is 2. The highest BCUT2D eigenvalue weighted by Crippen LogP contribution is 2.20. The zero-order chi connectivity index (χ0) is 11.7. The molecule has 3 aromatic rings. The second-order valence-electron chi connectivity index (χ2n) is 3.64. The van der Waals surface area contributed by atoms with Gasteiger partial charge < -0.3 is 4.74 Å². The van der Waals surface area contributed by atoms with Crippen molar-refractivity contribution in [2.75, 3.05) is 7.11 Å². The first-order valence-corrected chi connectivity index (χ1v) is 5.32. The largest absolute Gasteiger partial charge is 0.482 e. The maximum atomic E-state index is 5.28. The van der Waals surface area contributed by atoms with Crippen LogP contribution >= 0.6 is 0 Å². The fourth-order valence-electron chi connectivity index (χ4n) is 1.79. The van der Waals surface area contributed by atoms with E-state index in [0.29, 0.717) is 0 Å². The molecule has 0 fully saturated rings. The van der Waals surface area contributed by atoms with E-state index in [1.807, 2.05) is 47.0 Å². The lowest BCUT2D eigenvalue weighted by Crippen LogP contribution is -1.91. The minimum atomic E-state index is 0.761. The summed E-state index contributed by atoms with van der Waals surface area (Å²) in [7, 11) is 1.65. The molecule has 0 saturated carbocycles. The predicted molar refractivity (Wildman–Crippen MR) is 65.0 cm³/mol. The Morgan fingerprint density at radius 3 is 2.76 bits per heavy atom. The number of hydrogen-bond acceptors (Lipinski definition) is 3.